The first-order chi connectivity index (χ1) is 10.1. The molecule has 6 nitrogen and oxygen atoms in total. The van der Waals surface area contributed by atoms with Crippen molar-refractivity contribution in [2.45, 2.75) is 0 Å². The van der Waals surface area contributed by atoms with Crippen LogP contribution < -0.4 is 5.32 Å². The van der Waals surface area contributed by atoms with Crippen LogP contribution in [0.1, 0.15) is 20.3 Å². The monoisotopic (exact) mass is 299 g/mol. The first-order valence-electron chi connectivity index (χ1n) is 5.98. The van der Waals surface area contributed by atoms with Crippen LogP contribution in [-0.2, 0) is 0 Å². The molecule has 0 aliphatic heterocycles. The second-order valence-corrected chi connectivity index (χ2v) is 5.06. The van der Waals surface area contributed by atoms with Crippen LogP contribution in [0.3, 0.4) is 0 Å². The number of carbonyl (C=O) groups excluding carboxylic acids is 1. The molecule has 3 aromatic rings. The number of aromatic nitrogens is 2. The number of rotatable bonds is 3. The molecule has 3 rings (SSSR count). The molecule has 0 fully saturated rings. The molecule has 21 heavy (non-hydrogen) atoms. The van der Waals surface area contributed by atoms with Crippen molar-refractivity contribution in [1.29, 1.82) is 0 Å². The molecule has 0 aliphatic carbocycles. The van der Waals surface area contributed by atoms with Gasteiger partial charge in [-0.2, -0.15) is 0 Å². The van der Waals surface area contributed by atoms with Gasteiger partial charge < -0.3 is 10.4 Å². The van der Waals surface area contributed by atoms with Crippen LogP contribution in [-0.4, -0.2) is 27.0 Å². The van der Waals surface area contributed by atoms with Crippen molar-refractivity contribution < 1.29 is 14.7 Å². The summed E-state index contributed by atoms with van der Waals surface area (Å²) in [6.07, 6.45) is 3.35. The van der Waals surface area contributed by atoms with E-state index in [0.717, 1.165) is 22.1 Å². The fourth-order valence-corrected chi connectivity index (χ4v) is 2.57. The van der Waals surface area contributed by atoms with Crippen LogP contribution >= 0.6 is 11.3 Å². The Morgan fingerprint density at radius 3 is 2.86 bits per heavy atom. The number of hydrogen-bond donors (Lipinski definition) is 2. The Morgan fingerprint density at radius 2 is 2.10 bits per heavy atom. The summed E-state index contributed by atoms with van der Waals surface area (Å²) in [6, 6.07) is 7.27. The van der Waals surface area contributed by atoms with E-state index in [1.807, 2.05) is 12.1 Å². The zero-order valence-corrected chi connectivity index (χ0v) is 11.4. The number of nitrogens with zero attached hydrogens (tertiary/aromatic N) is 2. The van der Waals surface area contributed by atoms with Crippen molar-refractivity contribution in [2.75, 3.05) is 5.32 Å². The number of fused-ring (bicyclic) bond motifs is 1. The van der Waals surface area contributed by atoms with E-state index in [9.17, 15) is 9.59 Å². The smallest absolute Gasteiger partial charge is 0.355 e. The number of aromatic carboxylic acids is 1. The summed E-state index contributed by atoms with van der Waals surface area (Å²) in [5, 5.41) is 14.8. The lowest BCUT2D eigenvalue weighted by molar-refractivity contribution is 0.0691. The number of thiazole rings is 1. The second-order valence-electron chi connectivity index (χ2n) is 4.20. The molecule has 2 N–H and O–H groups in total. The first-order valence-corrected chi connectivity index (χ1v) is 6.86. The molecule has 104 valence electrons. The molecule has 0 bridgehead atoms. The van der Waals surface area contributed by atoms with Gasteiger partial charge in [-0.15, -0.1) is 11.3 Å². The molecular formula is C14H9N3O3S. The van der Waals surface area contributed by atoms with Gasteiger partial charge in [0.15, 0.2) is 10.7 Å². The van der Waals surface area contributed by atoms with E-state index >= 15 is 0 Å². The molecule has 0 aliphatic rings. The number of benzene rings is 1. The first kappa shape index (κ1) is 13.2. The molecule has 2 heterocycles. The normalized spacial score (nSPS) is 10.5. The molecule has 1 amide bonds. The summed E-state index contributed by atoms with van der Waals surface area (Å²) in [5.41, 5.74) is 0.499. The highest BCUT2D eigenvalue weighted by molar-refractivity contribution is 7.12. The van der Waals surface area contributed by atoms with Crippen LogP contribution in [0.2, 0.25) is 0 Å². The van der Waals surface area contributed by atoms with E-state index in [1.165, 1.54) is 5.38 Å². The van der Waals surface area contributed by atoms with Gasteiger partial charge >= 0.3 is 5.97 Å². The van der Waals surface area contributed by atoms with E-state index in [0.29, 0.717) is 5.69 Å². The molecule has 0 spiro atoms. The van der Waals surface area contributed by atoms with Crippen molar-refractivity contribution in [1.82, 2.24) is 9.97 Å². The minimum absolute atomic E-state index is 0.110. The molecule has 1 aromatic carbocycles. The van der Waals surface area contributed by atoms with Gasteiger partial charge in [-0.1, -0.05) is 12.1 Å². The molecule has 7 heteroatoms. The molecule has 0 unspecified atom stereocenters. The summed E-state index contributed by atoms with van der Waals surface area (Å²) >= 11 is 0.994. The van der Waals surface area contributed by atoms with E-state index < -0.39 is 11.9 Å². The summed E-state index contributed by atoms with van der Waals surface area (Å²) in [4.78, 5) is 30.7. The number of amides is 1. The van der Waals surface area contributed by atoms with Gasteiger partial charge in [-0.3, -0.25) is 9.78 Å². The van der Waals surface area contributed by atoms with Gasteiger partial charge in [0, 0.05) is 34.2 Å². The number of hydrogen-bond acceptors (Lipinski definition) is 5. The summed E-state index contributed by atoms with van der Waals surface area (Å²) in [5.74, 6) is -1.58. The minimum Gasteiger partial charge on any atom is -0.476 e. The lowest BCUT2D eigenvalue weighted by atomic mass is 10.1. The number of carboxylic acid groups (broad SMARTS) is 1. The summed E-state index contributed by atoms with van der Waals surface area (Å²) in [6.45, 7) is 0. The topological polar surface area (TPSA) is 92.2 Å². The number of pyridine rings is 1. The maximum absolute atomic E-state index is 12.1. The Bertz CT molecular complexity index is 839. The summed E-state index contributed by atoms with van der Waals surface area (Å²) in [7, 11) is 0. The van der Waals surface area contributed by atoms with Gasteiger partial charge in [-0.25, -0.2) is 9.78 Å². The van der Waals surface area contributed by atoms with E-state index in [-0.39, 0.29) is 10.7 Å². The second kappa shape index (κ2) is 5.29. The Labute approximate surface area is 123 Å². The fourth-order valence-electron chi connectivity index (χ4n) is 1.88. The fraction of sp³-hybridized carbons (Fsp3) is 0. The highest BCUT2D eigenvalue weighted by Crippen LogP contribution is 2.23. The van der Waals surface area contributed by atoms with Gasteiger partial charge in [0.25, 0.3) is 5.91 Å². The van der Waals surface area contributed by atoms with Crippen LogP contribution in [0, 0.1) is 0 Å². The average molecular weight is 299 g/mol. The van der Waals surface area contributed by atoms with E-state index in [2.05, 4.69) is 15.3 Å². The highest BCUT2D eigenvalue weighted by Gasteiger charge is 2.15. The quantitative estimate of drug-likeness (QED) is 0.775. The van der Waals surface area contributed by atoms with Gasteiger partial charge in [0.05, 0.1) is 0 Å². The van der Waals surface area contributed by atoms with Crippen molar-refractivity contribution >= 4 is 39.7 Å². The SMILES string of the molecule is O=C(O)c1csc(C(=O)Nc2cccc3cnccc23)n1. The number of carboxylic acids is 1. The van der Waals surface area contributed by atoms with Gasteiger partial charge in [0.1, 0.15) is 0 Å². The van der Waals surface area contributed by atoms with Crippen molar-refractivity contribution in [2.24, 2.45) is 0 Å². The Hall–Kier alpha value is -2.80. The van der Waals surface area contributed by atoms with E-state index in [1.54, 1.807) is 24.5 Å². The summed E-state index contributed by atoms with van der Waals surface area (Å²) < 4.78 is 0. The highest BCUT2D eigenvalue weighted by atomic mass is 32.1. The van der Waals surface area contributed by atoms with Crippen LogP contribution in [0.15, 0.2) is 42.0 Å². The number of anilines is 1. The largest absolute Gasteiger partial charge is 0.476 e. The van der Waals surface area contributed by atoms with Gasteiger partial charge in [-0.05, 0) is 12.1 Å². The lowest BCUT2D eigenvalue weighted by Gasteiger charge is -2.06. The lowest BCUT2D eigenvalue weighted by Crippen LogP contribution is -2.12. The van der Waals surface area contributed by atoms with Crippen LogP contribution in [0.25, 0.3) is 10.8 Å². The standard InChI is InChI=1S/C14H9N3O3S/c18-12(13-17-11(7-21-13)14(19)20)16-10-3-1-2-8-6-15-5-4-9(8)10/h1-7H,(H,16,18)(H,19,20). The average Bonchev–Trinajstić information content (AvgIpc) is 2.98. The molecular weight excluding hydrogens is 290 g/mol. The van der Waals surface area contributed by atoms with Crippen molar-refractivity contribution in [3.8, 4) is 0 Å². The molecule has 0 saturated heterocycles. The molecule has 0 saturated carbocycles. The molecule has 0 atom stereocenters. The molecule has 2 aromatic heterocycles. The predicted octanol–water partition coefficient (Wildman–Crippen LogP) is 2.64. The Morgan fingerprint density at radius 1 is 1.24 bits per heavy atom. The van der Waals surface area contributed by atoms with Crippen LogP contribution in [0.4, 0.5) is 5.69 Å². The van der Waals surface area contributed by atoms with Crippen molar-refractivity contribution in [3.05, 3.63) is 52.7 Å². The van der Waals surface area contributed by atoms with Crippen molar-refractivity contribution in [3.63, 3.8) is 0 Å². The zero-order chi connectivity index (χ0) is 14.8. The third kappa shape index (κ3) is 2.59. The maximum atomic E-state index is 12.1. The maximum Gasteiger partial charge on any atom is 0.355 e. The third-order valence-electron chi connectivity index (χ3n) is 2.85. The zero-order valence-electron chi connectivity index (χ0n) is 10.6. The van der Waals surface area contributed by atoms with Gasteiger partial charge in [0.2, 0.25) is 0 Å². The Kier molecular flexibility index (Phi) is 3.33. The van der Waals surface area contributed by atoms with E-state index in [4.69, 9.17) is 5.11 Å². The predicted molar refractivity (Wildman–Crippen MR) is 78.8 cm³/mol. The van der Waals surface area contributed by atoms with Crippen LogP contribution in [0.5, 0.6) is 0 Å². The number of carbonyl (C=O) groups is 2. The molecule has 0 radical (unpaired) electrons. The minimum atomic E-state index is -1.15. The third-order valence-corrected chi connectivity index (χ3v) is 3.69. The Balaban J connectivity index is 1.91. The number of nitrogens with one attached hydrogen (secondary N) is 1.